The Hall–Kier alpha value is -1.38. The van der Waals surface area contributed by atoms with Crippen LogP contribution in [-0.2, 0) is 13.1 Å². The average Bonchev–Trinajstić information content (AvgIpc) is 2.27. The van der Waals surface area contributed by atoms with Crippen molar-refractivity contribution in [1.29, 1.82) is 0 Å². The van der Waals surface area contributed by atoms with Crippen LogP contribution in [0.4, 0.5) is 0 Å². The second kappa shape index (κ2) is 5.51. The van der Waals surface area contributed by atoms with Crippen LogP contribution < -0.4 is 4.90 Å². The highest BCUT2D eigenvalue weighted by Gasteiger charge is 2.09. The second-order valence-corrected chi connectivity index (χ2v) is 5.55. The molecule has 18 heavy (non-hydrogen) atoms. The third-order valence-electron chi connectivity index (χ3n) is 3.11. The molecular formula is C16H23N2+. The van der Waals surface area contributed by atoms with Gasteiger partial charge in [0.2, 0.25) is 0 Å². The molecule has 0 amide bonds. The molecule has 2 aromatic rings. The Morgan fingerprint density at radius 1 is 0.944 bits per heavy atom. The minimum atomic E-state index is 0.997. The number of nitrogens with one attached hydrogen (secondary N) is 1. The molecule has 0 aliphatic carbocycles. The van der Waals surface area contributed by atoms with E-state index in [1.54, 1.807) is 0 Å². The number of rotatable bonds is 4. The number of hydrogen-bond acceptors (Lipinski definition) is 1. The van der Waals surface area contributed by atoms with Crippen LogP contribution >= 0.6 is 0 Å². The third kappa shape index (κ3) is 2.89. The van der Waals surface area contributed by atoms with E-state index in [4.69, 9.17) is 0 Å². The second-order valence-electron chi connectivity index (χ2n) is 5.55. The zero-order valence-corrected chi connectivity index (χ0v) is 11.8. The molecular weight excluding hydrogens is 220 g/mol. The van der Waals surface area contributed by atoms with Crippen LogP contribution in [0, 0.1) is 0 Å². The molecule has 0 radical (unpaired) electrons. The summed E-state index contributed by atoms with van der Waals surface area (Å²) in [5.41, 5.74) is 2.87. The molecule has 0 aliphatic heterocycles. The van der Waals surface area contributed by atoms with Gasteiger partial charge in [-0.3, -0.25) is 0 Å². The normalized spacial score (nSPS) is 11.7. The van der Waals surface area contributed by atoms with Gasteiger partial charge < -0.3 is 9.80 Å². The zero-order chi connectivity index (χ0) is 13.1. The van der Waals surface area contributed by atoms with E-state index < -0.39 is 0 Å². The summed E-state index contributed by atoms with van der Waals surface area (Å²) >= 11 is 0. The van der Waals surface area contributed by atoms with Gasteiger partial charge in [0, 0.05) is 12.1 Å². The molecule has 2 aromatic carbocycles. The molecule has 0 bridgehead atoms. The van der Waals surface area contributed by atoms with Gasteiger partial charge in [-0.2, -0.15) is 0 Å². The van der Waals surface area contributed by atoms with Crippen molar-refractivity contribution in [2.75, 3.05) is 28.2 Å². The molecule has 0 unspecified atom stereocenters. The smallest absolute Gasteiger partial charge is 0.103 e. The largest absolute Gasteiger partial charge is 0.336 e. The van der Waals surface area contributed by atoms with Gasteiger partial charge in [-0.1, -0.05) is 36.4 Å². The number of hydrogen-bond donors (Lipinski definition) is 1. The molecule has 0 spiro atoms. The molecule has 0 atom stereocenters. The summed E-state index contributed by atoms with van der Waals surface area (Å²) in [4.78, 5) is 3.69. The van der Waals surface area contributed by atoms with Gasteiger partial charge >= 0.3 is 0 Å². The predicted molar refractivity (Wildman–Crippen MR) is 77.9 cm³/mol. The minimum Gasteiger partial charge on any atom is -0.336 e. The lowest BCUT2D eigenvalue weighted by Crippen LogP contribution is -3.04. The summed E-state index contributed by atoms with van der Waals surface area (Å²) in [5, 5.41) is 2.79. The van der Waals surface area contributed by atoms with Gasteiger partial charge in [0.15, 0.2) is 0 Å². The van der Waals surface area contributed by atoms with Crippen molar-refractivity contribution < 1.29 is 4.90 Å². The summed E-state index contributed by atoms with van der Waals surface area (Å²) in [6.07, 6.45) is 0. The van der Waals surface area contributed by atoms with Crippen LogP contribution in [0.5, 0.6) is 0 Å². The van der Waals surface area contributed by atoms with Crippen LogP contribution in [0.2, 0.25) is 0 Å². The Balaban J connectivity index is 2.56. The molecule has 96 valence electrons. The van der Waals surface area contributed by atoms with E-state index in [1.165, 1.54) is 26.8 Å². The first-order chi connectivity index (χ1) is 8.58. The molecule has 2 rings (SSSR count). The summed E-state index contributed by atoms with van der Waals surface area (Å²) in [5.74, 6) is 0. The number of fused-ring (bicyclic) bond motifs is 1. The van der Waals surface area contributed by atoms with Crippen molar-refractivity contribution in [1.82, 2.24) is 4.90 Å². The average molecular weight is 243 g/mol. The van der Waals surface area contributed by atoms with Crippen molar-refractivity contribution in [2.24, 2.45) is 0 Å². The topological polar surface area (TPSA) is 7.68 Å². The SMILES string of the molecule is CN(C)Cc1cccc2cccc(C[NH+](C)C)c12. The minimum absolute atomic E-state index is 0.997. The molecule has 0 heterocycles. The highest BCUT2D eigenvalue weighted by Crippen LogP contribution is 2.23. The van der Waals surface area contributed by atoms with Crippen LogP contribution in [0.1, 0.15) is 11.1 Å². The highest BCUT2D eigenvalue weighted by molar-refractivity contribution is 5.88. The Bertz CT molecular complexity index is 485. The maximum atomic E-state index is 2.26. The van der Waals surface area contributed by atoms with Gasteiger partial charge in [0.05, 0.1) is 14.1 Å². The lowest BCUT2D eigenvalue weighted by atomic mass is 9.98. The van der Waals surface area contributed by atoms with Crippen molar-refractivity contribution in [3.8, 4) is 0 Å². The molecule has 2 heteroatoms. The number of benzene rings is 2. The Labute approximate surface area is 110 Å². The van der Waals surface area contributed by atoms with Crippen molar-refractivity contribution in [3.05, 3.63) is 47.5 Å². The fourth-order valence-corrected chi connectivity index (χ4v) is 2.50. The van der Waals surface area contributed by atoms with Crippen molar-refractivity contribution in [2.45, 2.75) is 13.1 Å². The van der Waals surface area contributed by atoms with Gasteiger partial charge in [-0.15, -0.1) is 0 Å². The summed E-state index contributed by atoms with van der Waals surface area (Å²) in [6, 6.07) is 13.3. The summed E-state index contributed by atoms with van der Waals surface area (Å²) < 4.78 is 0. The summed E-state index contributed by atoms with van der Waals surface area (Å²) in [6.45, 7) is 2.07. The first-order valence-electron chi connectivity index (χ1n) is 6.51. The Morgan fingerprint density at radius 3 is 2.11 bits per heavy atom. The van der Waals surface area contributed by atoms with Crippen LogP contribution in [0.3, 0.4) is 0 Å². The van der Waals surface area contributed by atoms with Crippen LogP contribution in [-0.4, -0.2) is 33.1 Å². The zero-order valence-electron chi connectivity index (χ0n) is 11.8. The monoisotopic (exact) mass is 243 g/mol. The number of nitrogens with zero attached hydrogens (tertiary/aromatic N) is 1. The lowest BCUT2D eigenvalue weighted by Gasteiger charge is -2.16. The van der Waals surface area contributed by atoms with E-state index in [9.17, 15) is 0 Å². The van der Waals surface area contributed by atoms with Crippen molar-refractivity contribution in [3.63, 3.8) is 0 Å². The standard InChI is InChI=1S/C16H22N2/c1-17(2)11-14-9-5-7-13-8-6-10-15(16(13)14)12-18(3)4/h5-10H,11-12H2,1-4H3/p+1. The van der Waals surface area contributed by atoms with Gasteiger partial charge in [-0.05, 0) is 30.4 Å². The highest BCUT2D eigenvalue weighted by atomic mass is 15.1. The van der Waals surface area contributed by atoms with E-state index in [0.717, 1.165) is 13.1 Å². The number of quaternary nitrogens is 1. The molecule has 0 aromatic heterocycles. The fourth-order valence-electron chi connectivity index (χ4n) is 2.50. The van der Waals surface area contributed by atoms with Gasteiger partial charge in [-0.25, -0.2) is 0 Å². The van der Waals surface area contributed by atoms with Gasteiger partial charge in [0.25, 0.3) is 0 Å². The van der Waals surface area contributed by atoms with E-state index in [2.05, 4.69) is 69.5 Å². The Morgan fingerprint density at radius 2 is 1.56 bits per heavy atom. The van der Waals surface area contributed by atoms with Crippen LogP contribution in [0.15, 0.2) is 36.4 Å². The third-order valence-corrected chi connectivity index (χ3v) is 3.11. The van der Waals surface area contributed by atoms with Crippen molar-refractivity contribution >= 4 is 10.8 Å². The van der Waals surface area contributed by atoms with Gasteiger partial charge in [0.1, 0.15) is 6.54 Å². The lowest BCUT2D eigenvalue weighted by molar-refractivity contribution is -0.872. The van der Waals surface area contributed by atoms with E-state index in [-0.39, 0.29) is 0 Å². The van der Waals surface area contributed by atoms with E-state index >= 15 is 0 Å². The quantitative estimate of drug-likeness (QED) is 0.856. The molecule has 0 fully saturated rings. The summed E-state index contributed by atoms with van der Waals surface area (Å²) in [7, 11) is 8.65. The van der Waals surface area contributed by atoms with Crippen LogP contribution in [0.25, 0.3) is 10.8 Å². The maximum Gasteiger partial charge on any atom is 0.103 e. The Kier molecular flexibility index (Phi) is 4.00. The predicted octanol–water partition coefficient (Wildman–Crippen LogP) is 1.55. The maximum absolute atomic E-state index is 2.26. The first-order valence-corrected chi connectivity index (χ1v) is 6.51. The molecule has 0 aliphatic rings. The molecule has 0 saturated carbocycles. The fraction of sp³-hybridized carbons (Fsp3) is 0.375. The molecule has 0 saturated heterocycles. The van der Waals surface area contributed by atoms with E-state index in [0.29, 0.717) is 0 Å². The first kappa shape index (κ1) is 13.1. The van der Waals surface area contributed by atoms with E-state index in [1.807, 2.05) is 0 Å². The molecule has 2 nitrogen and oxygen atoms in total. The molecule has 1 N–H and O–H groups in total.